The molecular weight excluding hydrogens is 299 g/mol. The van der Waals surface area contributed by atoms with Crippen molar-refractivity contribution in [3.8, 4) is 11.5 Å². The molecule has 0 amide bonds. The molecular formula is C15H14F3NO3. The largest absolute Gasteiger partial charge is 0.497 e. The normalized spacial score (nSPS) is 11.3. The zero-order chi connectivity index (χ0) is 16.3. The highest BCUT2D eigenvalue weighted by molar-refractivity contribution is 5.40. The lowest BCUT2D eigenvalue weighted by molar-refractivity contribution is -0.138. The predicted octanol–water partition coefficient (Wildman–Crippen LogP) is 2.93. The average molecular weight is 313 g/mol. The fourth-order valence-corrected chi connectivity index (χ4v) is 2.01. The minimum atomic E-state index is -4.51. The standard InChI is InChI=1S/C15H14F3NO3/c1-21-12-4-5-13(22-2)10(7-12)8-19-9-11(15(16,17)18)3-6-14(19)20/h3-7,9H,8H2,1-2H3. The first-order valence-corrected chi connectivity index (χ1v) is 6.33. The zero-order valence-corrected chi connectivity index (χ0v) is 12.0. The number of hydrogen-bond donors (Lipinski definition) is 0. The van der Waals surface area contributed by atoms with E-state index in [-0.39, 0.29) is 6.54 Å². The van der Waals surface area contributed by atoms with Crippen LogP contribution in [-0.4, -0.2) is 18.8 Å². The Bertz CT molecular complexity index is 723. The third-order valence-electron chi connectivity index (χ3n) is 3.14. The Labute approximate surface area is 124 Å². The molecule has 7 heteroatoms. The molecule has 0 atom stereocenters. The van der Waals surface area contributed by atoms with Gasteiger partial charge in [0.15, 0.2) is 0 Å². The van der Waals surface area contributed by atoms with Crippen LogP contribution in [0.5, 0.6) is 11.5 Å². The summed E-state index contributed by atoms with van der Waals surface area (Å²) >= 11 is 0. The Balaban J connectivity index is 2.44. The number of hydrogen-bond acceptors (Lipinski definition) is 3. The topological polar surface area (TPSA) is 40.5 Å². The van der Waals surface area contributed by atoms with Gasteiger partial charge in [0, 0.05) is 17.8 Å². The van der Waals surface area contributed by atoms with Gasteiger partial charge in [-0.05, 0) is 24.3 Å². The van der Waals surface area contributed by atoms with Gasteiger partial charge >= 0.3 is 6.18 Å². The fraction of sp³-hybridized carbons (Fsp3) is 0.267. The molecule has 2 aromatic rings. The number of alkyl halides is 3. The van der Waals surface area contributed by atoms with E-state index in [1.807, 2.05) is 0 Å². The van der Waals surface area contributed by atoms with Gasteiger partial charge in [-0.3, -0.25) is 4.79 Å². The van der Waals surface area contributed by atoms with Crippen molar-refractivity contribution in [2.24, 2.45) is 0 Å². The van der Waals surface area contributed by atoms with Crippen LogP contribution in [0.25, 0.3) is 0 Å². The Morgan fingerprint density at radius 1 is 1.09 bits per heavy atom. The minimum Gasteiger partial charge on any atom is -0.497 e. The second-order valence-electron chi connectivity index (χ2n) is 4.56. The molecule has 0 bridgehead atoms. The molecule has 0 saturated carbocycles. The van der Waals surface area contributed by atoms with Crippen LogP contribution >= 0.6 is 0 Å². The van der Waals surface area contributed by atoms with Crippen molar-refractivity contribution < 1.29 is 22.6 Å². The molecule has 0 fully saturated rings. The number of aromatic nitrogens is 1. The molecule has 0 aliphatic rings. The first kappa shape index (κ1) is 15.9. The van der Waals surface area contributed by atoms with Crippen LogP contribution in [0.4, 0.5) is 13.2 Å². The van der Waals surface area contributed by atoms with E-state index in [9.17, 15) is 18.0 Å². The molecule has 0 spiro atoms. The number of nitrogens with zero attached hydrogens (tertiary/aromatic N) is 1. The van der Waals surface area contributed by atoms with E-state index >= 15 is 0 Å². The molecule has 1 aromatic carbocycles. The maximum absolute atomic E-state index is 12.7. The molecule has 0 saturated heterocycles. The summed E-state index contributed by atoms with van der Waals surface area (Å²) < 4.78 is 49.5. The summed E-state index contributed by atoms with van der Waals surface area (Å²) in [4.78, 5) is 11.8. The summed E-state index contributed by atoms with van der Waals surface area (Å²) in [6.45, 7) is -0.0525. The highest BCUT2D eigenvalue weighted by Gasteiger charge is 2.31. The van der Waals surface area contributed by atoms with Crippen LogP contribution < -0.4 is 15.0 Å². The van der Waals surface area contributed by atoms with Crippen molar-refractivity contribution in [3.05, 3.63) is 58.0 Å². The molecule has 0 radical (unpaired) electrons. The van der Waals surface area contributed by atoms with Crippen molar-refractivity contribution in [3.63, 3.8) is 0 Å². The molecule has 0 N–H and O–H groups in total. The second-order valence-corrected chi connectivity index (χ2v) is 4.56. The van der Waals surface area contributed by atoms with E-state index < -0.39 is 17.3 Å². The smallest absolute Gasteiger partial charge is 0.417 e. The lowest BCUT2D eigenvalue weighted by Crippen LogP contribution is -2.22. The van der Waals surface area contributed by atoms with Crippen molar-refractivity contribution in [1.82, 2.24) is 4.57 Å². The first-order chi connectivity index (χ1) is 10.3. The molecule has 1 aromatic heterocycles. The molecule has 118 valence electrons. The Morgan fingerprint density at radius 3 is 2.41 bits per heavy atom. The maximum atomic E-state index is 12.7. The molecule has 1 heterocycles. The number of pyridine rings is 1. The lowest BCUT2D eigenvalue weighted by Gasteiger charge is -2.14. The van der Waals surface area contributed by atoms with Gasteiger partial charge in [-0.1, -0.05) is 0 Å². The number of rotatable bonds is 4. The Kier molecular flexibility index (Phi) is 4.44. The SMILES string of the molecule is COc1ccc(OC)c(Cn2cc(C(F)(F)F)ccc2=O)c1. The Morgan fingerprint density at radius 2 is 1.82 bits per heavy atom. The van der Waals surface area contributed by atoms with E-state index in [4.69, 9.17) is 9.47 Å². The van der Waals surface area contributed by atoms with E-state index in [2.05, 4.69) is 0 Å². The number of halogens is 3. The quantitative estimate of drug-likeness (QED) is 0.871. The van der Waals surface area contributed by atoms with Gasteiger partial charge < -0.3 is 14.0 Å². The van der Waals surface area contributed by atoms with Crippen LogP contribution in [0.15, 0.2) is 41.3 Å². The predicted molar refractivity (Wildman–Crippen MR) is 74.4 cm³/mol. The molecule has 0 aliphatic carbocycles. The highest BCUT2D eigenvalue weighted by atomic mass is 19.4. The summed E-state index contributed by atoms with van der Waals surface area (Å²) in [7, 11) is 2.92. The van der Waals surface area contributed by atoms with Crippen molar-refractivity contribution in [2.75, 3.05) is 14.2 Å². The molecule has 0 aliphatic heterocycles. The van der Waals surface area contributed by atoms with Gasteiger partial charge in [-0.25, -0.2) is 0 Å². The van der Waals surface area contributed by atoms with Gasteiger partial charge in [0.25, 0.3) is 5.56 Å². The van der Waals surface area contributed by atoms with Crippen LogP contribution in [0, 0.1) is 0 Å². The van der Waals surface area contributed by atoms with Gasteiger partial charge in [-0.15, -0.1) is 0 Å². The van der Waals surface area contributed by atoms with Crippen molar-refractivity contribution in [1.29, 1.82) is 0 Å². The van der Waals surface area contributed by atoms with Gasteiger partial charge in [0.1, 0.15) is 11.5 Å². The monoisotopic (exact) mass is 313 g/mol. The van der Waals surface area contributed by atoms with Crippen LogP contribution in [0.3, 0.4) is 0 Å². The maximum Gasteiger partial charge on any atom is 0.417 e. The molecule has 0 unspecified atom stereocenters. The number of benzene rings is 1. The fourth-order valence-electron chi connectivity index (χ4n) is 2.01. The van der Waals surface area contributed by atoms with Crippen molar-refractivity contribution in [2.45, 2.75) is 12.7 Å². The summed E-state index contributed by atoms with van der Waals surface area (Å²) in [5, 5.41) is 0. The minimum absolute atomic E-state index is 0.0525. The Hall–Kier alpha value is -2.44. The third kappa shape index (κ3) is 3.41. The summed E-state index contributed by atoms with van der Waals surface area (Å²) in [5.74, 6) is 0.987. The summed E-state index contributed by atoms with van der Waals surface area (Å²) in [6.07, 6.45) is -3.71. The van der Waals surface area contributed by atoms with Crippen LogP contribution in [0.1, 0.15) is 11.1 Å². The number of methoxy groups -OCH3 is 2. The zero-order valence-electron chi connectivity index (χ0n) is 12.0. The van der Waals surface area contributed by atoms with E-state index in [0.717, 1.165) is 22.9 Å². The molecule has 4 nitrogen and oxygen atoms in total. The summed E-state index contributed by atoms with van der Waals surface area (Å²) in [6, 6.07) is 6.58. The van der Waals surface area contributed by atoms with E-state index in [0.29, 0.717) is 17.1 Å². The van der Waals surface area contributed by atoms with E-state index in [1.54, 1.807) is 18.2 Å². The third-order valence-corrected chi connectivity index (χ3v) is 3.14. The van der Waals surface area contributed by atoms with E-state index in [1.165, 1.54) is 14.2 Å². The molecule has 2 rings (SSSR count). The second kappa shape index (κ2) is 6.13. The molecule has 22 heavy (non-hydrogen) atoms. The first-order valence-electron chi connectivity index (χ1n) is 6.33. The lowest BCUT2D eigenvalue weighted by atomic mass is 10.1. The highest BCUT2D eigenvalue weighted by Crippen LogP contribution is 2.29. The van der Waals surface area contributed by atoms with Gasteiger partial charge in [0.2, 0.25) is 0 Å². The van der Waals surface area contributed by atoms with Gasteiger partial charge in [0.05, 0.1) is 26.3 Å². The van der Waals surface area contributed by atoms with Crippen LogP contribution in [0.2, 0.25) is 0 Å². The van der Waals surface area contributed by atoms with Gasteiger partial charge in [-0.2, -0.15) is 13.2 Å². The number of ether oxygens (including phenoxy) is 2. The summed E-state index contributed by atoms with van der Waals surface area (Å²) in [5.41, 5.74) is -0.866. The van der Waals surface area contributed by atoms with Crippen molar-refractivity contribution >= 4 is 0 Å². The van der Waals surface area contributed by atoms with Crippen LogP contribution in [-0.2, 0) is 12.7 Å². The average Bonchev–Trinajstić information content (AvgIpc) is 2.48.